The van der Waals surface area contributed by atoms with E-state index in [0.717, 1.165) is 16.9 Å². The van der Waals surface area contributed by atoms with Crippen LogP contribution in [0.2, 0.25) is 5.15 Å². The van der Waals surface area contributed by atoms with Crippen molar-refractivity contribution in [3.05, 3.63) is 71.6 Å². The van der Waals surface area contributed by atoms with Crippen molar-refractivity contribution in [2.45, 2.75) is 6.54 Å². The van der Waals surface area contributed by atoms with E-state index in [4.69, 9.17) is 11.6 Å². The second-order valence-electron chi connectivity index (χ2n) is 5.18. The summed E-state index contributed by atoms with van der Waals surface area (Å²) in [5.41, 5.74) is 3.23. The van der Waals surface area contributed by atoms with Gasteiger partial charge in [0.25, 0.3) is 0 Å². The SMILES string of the molecule is Clc1cc(NCc2ccccn2)c2nnc(-c3ccccc3)n2n1. The number of anilines is 1. The van der Waals surface area contributed by atoms with E-state index in [2.05, 4.69) is 25.6 Å². The number of aromatic nitrogens is 5. The van der Waals surface area contributed by atoms with Gasteiger partial charge in [-0.3, -0.25) is 4.98 Å². The summed E-state index contributed by atoms with van der Waals surface area (Å²) < 4.78 is 1.65. The van der Waals surface area contributed by atoms with Crippen molar-refractivity contribution in [1.29, 1.82) is 0 Å². The zero-order valence-electron chi connectivity index (χ0n) is 12.6. The van der Waals surface area contributed by atoms with E-state index in [1.807, 2.05) is 48.5 Å². The molecule has 0 bridgehead atoms. The summed E-state index contributed by atoms with van der Waals surface area (Å²) in [5, 5.41) is 16.5. The maximum atomic E-state index is 6.18. The van der Waals surface area contributed by atoms with Gasteiger partial charge in [-0.25, -0.2) is 0 Å². The number of benzene rings is 1. The predicted molar refractivity (Wildman–Crippen MR) is 92.8 cm³/mol. The van der Waals surface area contributed by atoms with Crippen molar-refractivity contribution in [1.82, 2.24) is 24.8 Å². The number of halogens is 1. The van der Waals surface area contributed by atoms with E-state index in [1.54, 1.807) is 16.8 Å². The van der Waals surface area contributed by atoms with E-state index in [9.17, 15) is 0 Å². The molecule has 3 aromatic heterocycles. The maximum absolute atomic E-state index is 6.18. The van der Waals surface area contributed by atoms with Crippen molar-refractivity contribution in [2.24, 2.45) is 0 Å². The van der Waals surface area contributed by atoms with Crippen molar-refractivity contribution in [3.63, 3.8) is 0 Å². The largest absolute Gasteiger partial charge is 0.376 e. The van der Waals surface area contributed by atoms with Crippen LogP contribution < -0.4 is 5.32 Å². The molecule has 0 aliphatic rings. The number of nitrogens with zero attached hydrogens (tertiary/aromatic N) is 5. The van der Waals surface area contributed by atoms with E-state index in [1.165, 1.54) is 0 Å². The molecular weight excluding hydrogens is 324 g/mol. The van der Waals surface area contributed by atoms with Crippen LogP contribution in [0.15, 0.2) is 60.8 Å². The number of hydrogen-bond acceptors (Lipinski definition) is 5. The van der Waals surface area contributed by atoms with Crippen LogP contribution in [0.4, 0.5) is 5.69 Å². The fraction of sp³-hybridized carbons (Fsp3) is 0.0588. The average Bonchev–Trinajstić information content (AvgIpc) is 3.05. The fourth-order valence-corrected chi connectivity index (χ4v) is 2.62. The number of fused-ring (bicyclic) bond motifs is 1. The van der Waals surface area contributed by atoms with Gasteiger partial charge in [0.05, 0.1) is 17.9 Å². The number of hydrogen-bond donors (Lipinski definition) is 1. The summed E-state index contributed by atoms with van der Waals surface area (Å²) in [4.78, 5) is 4.30. The van der Waals surface area contributed by atoms with Gasteiger partial charge in [0, 0.05) is 17.8 Å². The van der Waals surface area contributed by atoms with Crippen LogP contribution in [0, 0.1) is 0 Å². The van der Waals surface area contributed by atoms with Gasteiger partial charge >= 0.3 is 0 Å². The van der Waals surface area contributed by atoms with Gasteiger partial charge in [0.1, 0.15) is 0 Å². The highest BCUT2D eigenvalue weighted by Gasteiger charge is 2.13. The monoisotopic (exact) mass is 336 g/mol. The van der Waals surface area contributed by atoms with Crippen molar-refractivity contribution >= 4 is 22.9 Å². The Morgan fingerprint density at radius 1 is 1.00 bits per heavy atom. The van der Waals surface area contributed by atoms with E-state index < -0.39 is 0 Å². The molecule has 6 nitrogen and oxygen atoms in total. The molecule has 4 aromatic rings. The minimum atomic E-state index is 0.364. The number of rotatable bonds is 4. The first-order chi connectivity index (χ1) is 11.8. The first kappa shape index (κ1) is 14.6. The van der Waals surface area contributed by atoms with Gasteiger partial charge in [-0.05, 0) is 12.1 Å². The predicted octanol–water partition coefficient (Wildman–Crippen LogP) is 3.45. The summed E-state index contributed by atoms with van der Waals surface area (Å²) >= 11 is 6.18. The van der Waals surface area contributed by atoms with Crippen LogP contribution in [0.1, 0.15) is 5.69 Å². The van der Waals surface area contributed by atoms with Crippen molar-refractivity contribution in [2.75, 3.05) is 5.32 Å². The second kappa shape index (κ2) is 6.25. The Morgan fingerprint density at radius 3 is 2.62 bits per heavy atom. The summed E-state index contributed by atoms with van der Waals surface area (Å²) in [5.74, 6) is 0.647. The number of pyridine rings is 1. The first-order valence-corrected chi connectivity index (χ1v) is 7.80. The molecule has 1 N–H and O–H groups in total. The Labute approximate surface area is 143 Å². The normalized spacial score (nSPS) is 10.9. The summed E-state index contributed by atoms with van der Waals surface area (Å²) in [6, 6.07) is 17.3. The van der Waals surface area contributed by atoms with Gasteiger partial charge in [-0.2, -0.15) is 9.61 Å². The van der Waals surface area contributed by atoms with Crippen LogP contribution in [-0.4, -0.2) is 24.8 Å². The van der Waals surface area contributed by atoms with Crippen LogP contribution >= 0.6 is 11.6 Å². The molecule has 0 saturated carbocycles. The van der Waals surface area contributed by atoms with Crippen LogP contribution in [0.3, 0.4) is 0 Å². The van der Waals surface area contributed by atoms with Crippen LogP contribution in [0.5, 0.6) is 0 Å². The van der Waals surface area contributed by atoms with Crippen molar-refractivity contribution in [3.8, 4) is 11.4 Å². The molecule has 0 radical (unpaired) electrons. The molecule has 118 valence electrons. The molecular formula is C17H13ClN6. The standard InChI is InChI=1S/C17H13ClN6/c18-15-10-14(20-11-13-8-4-5-9-19-13)17-22-21-16(24(17)23-15)12-6-2-1-3-7-12/h1-10,20H,11H2. The van der Waals surface area contributed by atoms with Gasteiger partial charge in [-0.15, -0.1) is 10.2 Å². The maximum Gasteiger partial charge on any atom is 0.201 e. The number of nitrogens with one attached hydrogen (secondary N) is 1. The Balaban J connectivity index is 1.73. The van der Waals surface area contributed by atoms with E-state index in [-0.39, 0.29) is 0 Å². The first-order valence-electron chi connectivity index (χ1n) is 7.42. The van der Waals surface area contributed by atoms with Gasteiger partial charge in [-0.1, -0.05) is 48.0 Å². The smallest absolute Gasteiger partial charge is 0.201 e. The third-order valence-corrected chi connectivity index (χ3v) is 3.74. The minimum absolute atomic E-state index is 0.364. The Bertz CT molecular complexity index is 968. The lowest BCUT2D eigenvalue weighted by Gasteiger charge is -2.07. The highest BCUT2D eigenvalue weighted by molar-refractivity contribution is 6.29. The van der Waals surface area contributed by atoms with Crippen molar-refractivity contribution < 1.29 is 0 Å². The molecule has 0 aliphatic heterocycles. The summed E-state index contributed by atoms with van der Waals surface area (Å²) in [6.07, 6.45) is 1.76. The molecule has 1 aromatic carbocycles. The minimum Gasteiger partial charge on any atom is -0.376 e. The lowest BCUT2D eigenvalue weighted by molar-refractivity contribution is 0.932. The van der Waals surface area contributed by atoms with Gasteiger partial charge in [0.15, 0.2) is 11.0 Å². The Kier molecular flexibility index (Phi) is 3.80. The molecule has 7 heteroatoms. The summed E-state index contributed by atoms with van der Waals surface area (Å²) in [6.45, 7) is 0.560. The topological polar surface area (TPSA) is 68.0 Å². The Morgan fingerprint density at radius 2 is 1.83 bits per heavy atom. The average molecular weight is 337 g/mol. The zero-order valence-corrected chi connectivity index (χ0v) is 13.4. The highest BCUT2D eigenvalue weighted by atomic mass is 35.5. The molecule has 0 aliphatic carbocycles. The molecule has 0 amide bonds. The highest BCUT2D eigenvalue weighted by Crippen LogP contribution is 2.24. The van der Waals surface area contributed by atoms with Gasteiger partial charge < -0.3 is 5.32 Å². The molecule has 0 atom stereocenters. The summed E-state index contributed by atoms with van der Waals surface area (Å²) in [7, 11) is 0. The van der Waals surface area contributed by atoms with Gasteiger partial charge in [0.2, 0.25) is 5.65 Å². The molecule has 3 heterocycles. The van der Waals surface area contributed by atoms with Crippen LogP contribution in [-0.2, 0) is 6.54 Å². The fourth-order valence-electron chi connectivity index (χ4n) is 2.44. The lowest BCUT2D eigenvalue weighted by Crippen LogP contribution is -2.05. The molecule has 0 fully saturated rings. The second-order valence-corrected chi connectivity index (χ2v) is 5.57. The molecule has 4 rings (SSSR count). The van der Waals surface area contributed by atoms with Crippen LogP contribution in [0.25, 0.3) is 17.0 Å². The zero-order chi connectivity index (χ0) is 16.4. The lowest BCUT2D eigenvalue weighted by atomic mass is 10.2. The third kappa shape index (κ3) is 2.79. The molecule has 24 heavy (non-hydrogen) atoms. The van der Waals surface area contributed by atoms with E-state index in [0.29, 0.717) is 23.2 Å². The third-order valence-electron chi connectivity index (χ3n) is 3.56. The quantitative estimate of drug-likeness (QED) is 0.618. The molecule has 0 spiro atoms. The van der Waals surface area contributed by atoms with E-state index >= 15 is 0 Å². The molecule has 0 saturated heterocycles. The molecule has 0 unspecified atom stereocenters. The Hall–Kier alpha value is -2.99.